The first kappa shape index (κ1) is 13.2. The van der Waals surface area contributed by atoms with Crippen LogP contribution in [-0.2, 0) is 0 Å². The van der Waals surface area contributed by atoms with Gasteiger partial charge < -0.3 is 11.1 Å². The molecule has 2 aliphatic rings. The molecule has 0 bridgehead atoms. The highest BCUT2D eigenvalue weighted by molar-refractivity contribution is 5.98. The van der Waals surface area contributed by atoms with Gasteiger partial charge in [-0.3, -0.25) is 4.79 Å². The van der Waals surface area contributed by atoms with E-state index >= 15 is 0 Å². The molecule has 0 radical (unpaired) electrons. The lowest BCUT2D eigenvalue weighted by molar-refractivity contribution is 0.100. The molecule has 0 unspecified atom stereocenters. The van der Waals surface area contributed by atoms with Crippen LogP contribution in [0.4, 0.5) is 11.5 Å². The van der Waals surface area contributed by atoms with Crippen molar-refractivity contribution in [3.05, 3.63) is 41.6 Å². The van der Waals surface area contributed by atoms with Crippen LogP contribution < -0.4 is 11.1 Å². The van der Waals surface area contributed by atoms with E-state index in [-0.39, 0.29) is 0 Å². The molecular formula is C16H17N5O. The number of hydrogen-bond acceptors (Lipinski definition) is 5. The number of hydrogen-bond donors (Lipinski definition) is 2. The molecule has 0 aliphatic heterocycles. The van der Waals surface area contributed by atoms with E-state index in [9.17, 15) is 4.79 Å². The summed E-state index contributed by atoms with van der Waals surface area (Å²) in [4.78, 5) is 24.8. The van der Waals surface area contributed by atoms with Crippen LogP contribution in [0.5, 0.6) is 0 Å². The van der Waals surface area contributed by atoms with Crippen LogP contribution in [0.15, 0.2) is 24.7 Å². The Bertz CT molecular complexity index is 707. The number of aromatic nitrogens is 3. The van der Waals surface area contributed by atoms with E-state index in [2.05, 4.69) is 20.3 Å². The lowest BCUT2D eigenvalue weighted by atomic mass is 10.1. The van der Waals surface area contributed by atoms with Crippen molar-refractivity contribution < 1.29 is 4.79 Å². The summed E-state index contributed by atoms with van der Waals surface area (Å²) < 4.78 is 0. The summed E-state index contributed by atoms with van der Waals surface area (Å²) >= 11 is 0. The molecule has 6 nitrogen and oxygen atoms in total. The normalized spacial score (nSPS) is 17.3. The van der Waals surface area contributed by atoms with Gasteiger partial charge in [0.15, 0.2) is 0 Å². The fourth-order valence-electron chi connectivity index (χ4n) is 2.70. The van der Waals surface area contributed by atoms with Crippen LogP contribution in [-0.4, -0.2) is 20.9 Å². The predicted octanol–water partition coefficient (Wildman–Crippen LogP) is 2.47. The fraction of sp³-hybridized carbons (Fsp3) is 0.375. The first-order valence-corrected chi connectivity index (χ1v) is 7.60. The molecule has 4 rings (SSSR count). The Labute approximate surface area is 128 Å². The summed E-state index contributed by atoms with van der Waals surface area (Å²) in [5, 5.41) is 3.30. The smallest absolute Gasteiger partial charge is 0.252 e. The topological polar surface area (TPSA) is 93.8 Å². The number of nitrogens with one attached hydrogen (secondary N) is 1. The van der Waals surface area contributed by atoms with Crippen LogP contribution in [0, 0.1) is 0 Å². The van der Waals surface area contributed by atoms with Gasteiger partial charge in [0.05, 0.1) is 22.6 Å². The van der Waals surface area contributed by atoms with E-state index in [0.29, 0.717) is 23.2 Å². The maximum Gasteiger partial charge on any atom is 0.252 e. The molecule has 2 heterocycles. The van der Waals surface area contributed by atoms with Gasteiger partial charge in [0, 0.05) is 18.0 Å². The Morgan fingerprint density at radius 1 is 1.09 bits per heavy atom. The fourth-order valence-corrected chi connectivity index (χ4v) is 2.70. The summed E-state index contributed by atoms with van der Waals surface area (Å²) in [7, 11) is 0. The lowest BCUT2D eigenvalue weighted by Crippen LogP contribution is -2.15. The maximum atomic E-state index is 11.6. The van der Waals surface area contributed by atoms with Crippen LogP contribution >= 0.6 is 0 Å². The van der Waals surface area contributed by atoms with E-state index in [1.165, 1.54) is 0 Å². The third kappa shape index (κ3) is 2.41. The molecule has 22 heavy (non-hydrogen) atoms. The van der Waals surface area contributed by atoms with Crippen molar-refractivity contribution in [1.82, 2.24) is 15.0 Å². The Kier molecular flexibility index (Phi) is 3.03. The van der Waals surface area contributed by atoms with Crippen LogP contribution in [0.2, 0.25) is 0 Å². The summed E-state index contributed by atoms with van der Waals surface area (Å²) in [5.41, 5.74) is 8.83. The third-order valence-electron chi connectivity index (χ3n) is 4.15. The summed E-state index contributed by atoms with van der Waals surface area (Å²) in [5.74, 6) is 0.967. The molecule has 0 aromatic carbocycles. The van der Waals surface area contributed by atoms with Gasteiger partial charge in [-0.15, -0.1) is 0 Å². The van der Waals surface area contributed by atoms with Crippen molar-refractivity contribution in [3.8, 4) is 0 Å². The monoisotopic (exact) mass is 295 g/mol. The number of carbonyl (C=O) groups excluding carboxylic acids is 1. The Hall–Kier alpha value is -2.50. The molecule has 2 saturated carbocycles. The van der Waals surface area contributed by atoms with Crippen molar-refractivity contribution in [2.75, 3.05) is 5.32 Å². The number of amides is 1. The van der Waals surface area contributed by atoms with Gasteiger partial charge in [0.25, 0.3) is 5.91 Å². The number of pyridine rings is 1. The molecular weight excluding hydrogens is 278 g/mol. The van der Waals surface area contributed by atoms with Crippen LogP contribution in [0.3, 0.4) is 0 Å². The van der Waals surface area contributed by atoms with Crippen molar-refractivity contribution in [2.24, 2.45) is 5.73 Å². The van der Waals surface area contributed by atoms with Gasteiger partial charge >= 0.3 is 0 Å². The maximum absolute atomic E-state index is 11.6. The van der Waals surface area contributed by atoms with Crippen LogP contribution in [0.25, 0.3) is 0 Å². The Morgan fingerprint density at radius 3 is 2.27 bits per heavy atom. The summed E-state index contributed by atoms with van der Waals surface area (Å²) in [6.07, 6.45) is 7.91. The third-order valence-corrected chi connectivity index (χ3v) is 4.15. The molecule has 3 N–H and O–H groups in total. The number of nitrogens with zero attached hydrogens (tertiary/aromatic N) is 3. The van der Waals surface area contributed by atoms with Crippen molar-refractivity contribution >= 4 is 17.4 Å². The van der Waals surface area contributed by atoms with E-state index in [1.807, 2.05) is 0 Å². The minimum Gasteiger partial charge on any atom is -0.365 e. The average Bonchev–Trinajstić information content (AvgIpc) is 3.39. The zero-order valence-corrected chi connectivity index (χ0v) is 12.1. The highest BCUT2D eigenvalue weighted by Gasteiger charge is 2.34. The van der Waals surface area contributed by atoms with E-state index in [1.54, 1.807) is 24.7 Å². The van der Waals surface area contributed by atoms with Gasteiger partial charge in [-0.1, -0.05) is 0 Å². The van der Waals surface area contributed by atoms with Gasteiger partial charge in [0.1, 0.15) is 12.1 Å². The van der Waals surface area contributed by atoms with E-state index in [0.717, 1.165) is 42.8 Å². The number of carbonyl (C=O) groups is 1. The first-order chi connectivity index (χ1) is 10.7. The second kappa shape index (κ2) is 5.05. The van der Waals surface area contributed by atoms with Gasteiger partial charge in [-0.25, -0.2) is 15.0 Å². The quantitative estimate of drug-likeness (QED) is 0.883. The molecule has 0 spiro atoms. The standard InChI is InChI=1S/C16H17N5O/c17-15(22)11-2-1-7-18-16(11)21-14-12(9-3-4-9)19-8-20-13(14)10-5-6-10/h1-2,7-10H,3-6H2,(H2,17,22)(H,18,21). The van der Waals surface area contributed by atoms with Crippen molar-refractivity contribution in [3.63, 3.8) is 0 Å². The molecule has 6 heteroatoms. The lowest BCUT2D eigenvalue weighted by Gasteiger charge is -2.15. The number of nitrogens with two attached hydrogens (primary N) is 1. The average molecular weight is 295 g/mol. The molecule has 2 aromatic rings. The molecule has 2 aliphatic carbocycles. The zero-order valence-electron chi connectivity index (χ0n) is 12.1. The van der Waals surface area contributed by atoms with Gasteiger partial charge in [-0.05, 0) is 37.8 Å². The second-order valence-electron chi connectivity index (χ2n) is 5.96. The highest BCUT2D eigenvalue weighted by Crippen LogP contribution is 2.48. The van der Waals surface area contributed by atoms with Crippen molar-refractivity contribution in [2.45, 2.75) is 37.5 Å². The van der Waals surface area contributed by atoms with Crippen molar-refractivity contribution in [1.29, 1.82) is 0 Å². The number of primary amides is 1. The summed E-state index contributed by atoms with van der Waals surface area (Å²) in [6.45, 7) is 0. The number of anilines is 2. The molecule has 1 amide bonds. The second-order valence-corrected chi connectivity index (χ2v) is 5.96. The first-order valence-electron chi connectivity index (χ1n) is 7.60. The largest absolute Gasteiger partial charge is 0.365 e. The molecule has 0 atom stereocenters. The zero-order chi connectivity index (χ0) is 15.1. The molecule has 0 saturated heterocycles. The molecule has 2 fully saturated rings. The Morgan fingerprint density at radius 2 is 1.73 bits per heavy atom. The molecule has 112 valence electrons. The highest BCUT2D eigenvalue weighted by atomic mass is 16.1. The SMILES string of the molecule is NC(=O)c1cccnc1Nc1c(C2CC2)ncnc1C1CC1. The predicted molar refractivity (Wildman–Crippen MR) is 82.0 cm³/mol. The van der Waals surface area contributed by atoms with Gasteiger partial charge in [0.2, 0.25) is 0 Å². The summed E-state index contributed by atoms with van der Waals surface area (Å²) in [6, 6.07) is 3.38. The van der Waals surface area contributed by atoms with E-state index in [4.69, 9.17) is 5.73 Å². The van der Waals surface area contributed by atoms with Gasteiger partial charge in [-0.2, -0.15) is 0 Å². The molecule has 2 aromatic heterocycles. The van der Waals surface area contributed by atoms with Crippen LogP contribution in [0.1, 0.15) is 59.3 Å². The number of rotatable bonds is 5. The minimum atomic E-state index is -0.492. The Balaban J connectivity index is 1.78. The van der Waals surface area contributed by atoms with E-state index < -0.39 is 5.91 Å². The minimum absolute atomic E-state index is 0.384.